The molecule has 0 saturated heterocycles. The number of rotatable bonds is 5. The maximum absolute atomic E-state index is 11.3. The predicted octanol–water partition coefficient (Wildman–Crippen LogP) is 3.73. The monoisotopic (exact) mass is 512 g/mol. The van der Waals surface area contributed by atoms with E-state index in [4.69, 9.17) is 26.2 Å². The number of pyridine rings is 1. The molecular formula is C28H40N4O5. The molecule has 9 nitrogen and oxygen atoms in total. The highest BCUT2D eigenvalue weighted by Gasteiger charge is 2.25. The first-order chi connectivity index (χ1) is 17.9. The maximum Gasteiger partial charge on any atom is 0.338 e. The number of cyclic esters (lactones) is 1. The van der Waals surface area contributed by atoms with Gasteiger partial charge in [-0.15, -0.1) is 0 Å². The second kappa shape index (κ2) is 15.9. The molecular weight excluding hydrogens is 472 g/mol. The van der Waals surface area contributed by atoms with Gasteiger partial charge in [0.05, 0.1) is 24.5 Å². The number of nitrogens with zero attached hydrogens (tertiary/aromatic N) is 2. The van der Waals surface area contributed by atoms with Crippen LogP contribution >= 0.6 is 0 Å². The summed E-state index contributed by atoms with van der Waals surface area (Å²) in [5.41, 5.74) is 14.5. The Morgan fingerprint density at radius 1 is 1.05 bits per heavy atom. The zero-order valence-corrected chi connectivity index (χ0v) is 21.9. The van der Waals surface area contributed by atoms with Crippen molar-refractivity contribution in [2.45, 2.75) is 77.1 Å². The van der Waals surface area contributed by atoms with E-state index >= 15 is 0 Å². The summed E-state index contributed by atoms with van der Waals surface area (Å²) in [7, 11) is 1.45. The van der Waals surface area contributed by atoms with Gasteiger partial charge in [-0.2, -0.15) is 5.26 Å². The van der Waals surface area contributed by atoms with Crippen molar-refractivity contribution in [2.24, 2.45) is 11.5 Å². The Morgan fingerprint density at radius 3 is 2.11 bits per heavy atom. The zero-order valence-electron chi connectivity index (χ0n) is 21.9. The van der Waals surface area contributed by atoms with Crippen LogP contribution in [0.5, 0.6) is 5.75 Å². The first-order valence-corrected chi connectivity index (χ1v) is 12.9. The lowest BCUT2D eigenvalue weighted by Crippen LogP contribution is -2.13. The van der Waals surface area contributed by atoms with Gasteiger partial charge < -0.3 is 31.2 Å². The number of nitrogens with two attached hydrogens (primary N) is 2. The van der Waals surface area contributed by atoms with Crippen LogP contribution in [0.4, 0.5) is 0 Å². The van der Waals surface area contributed by atoms with E-state index < -0.39 is 12.2 Å². The van der Waals surface area contributed by atoms with Crippen LogP contribution in [-0.4, -0.2) is 41.4 Å². The summed E-state index contributed by atoms with van der Waals surface area (Å²) in [4.78, 5) is 15.2. The van der Waals surface area contributed by atoms with Crippen molar-refractivity contribution >= 4 is 5.97 Å². The predicted molar refractivity (Wildman–Crippen MR) is 141 cm³/mol. The Labute approximate surface area is 219 Å². The van der Waals surface area contributed by atoms with Gasteiger partial charge in [0.15, 0.2) is 0 Å². The van der Waals surface area contributed by atoms with Crippen molar-refractivity contribution in [1.82, 2.24) is 4.98 Å². The number of carbonyl (C=O) groups is 1. The molecule has 0 radical (unpaired) electrons. The molecule has 1 fully saturated rings. The van der Waals surface area contributed by atoms with Gasteiger partial charge in [-0.05, 0) is 24.1 Å². The molecule has 4 rings (SSSR count). The van der Waals surface area contributed by atoms with Crippen LogP contribution in [0.25, 0.3) is 0 Å². The number of aromatic nitrogens is 1. The summed E-state index contributed by atoms with van der Waals surface area (Å²) in [5, 5.41) is 27.7. The minimum Gasteiger partial charge on any atom is -0.495 e. The largest absolute Gasteiger partial charge is 0.495 e. The van der Waals surface area contributed by atoms with Gasteiger partial charge in [0.2, 0.25) is 0 Å². The normalized spacial score (nSPS) is 16.2. The topological polar surface area (TPSA) is 165 Å². The van der Waals surface area contributed by atoms with Crippen molar-refractivity contribution in [3.63, 3.8) is 0 Å². The van der Waals surface area contributed by atoms with E-state index in [-0.39, 0.29) is 19.1 Å². The minimum atomic E-state index is -0.823. The summed E-state index contributed by atoms with van der Waals surface area (Å²) < 4.78 is 9.88. The molecule has 2 heterocycles. The molecule has 1 saturated carbocycles. The van der Waals surface area contributed by atoms with Crippen LogP contribution in [0.3, 0.4) is 0 Å². The molecule has 0 amide bonds. The SMILES string of the molecule is C1CCCCCCC1.COc1cc(C(O)CN)ncc1C#N.Cc1c([C@@H](O)CN)ccc2c1COC2=O. The Bertz CT molecular complexity index is 1030. The van der Waals surface area contributed by atoms with Crippen molar-refractivity contribution in [3.05, 3.63) is 57.9 Å². The van der Waals surface area contributed by atoms with Crippen molar-refractivity contribution in [1.29, 1.82) is 5.26 Å². The highest BCUT2D eigenvalue weighted by Crippen LogP contribution is 2.28. The van der Waals surface area contributed by atoms with E-state index in [1.54, 1.807) is 12.1 Å². The van der Waals surface area contributed by atoms with Gasteiger partial charge in [0.1, 0.15) is 30.1 Å². The third kappa shape index (κ3) is 8.79. The van der Waals surface area contributed by atoms with Crippen LogP contribution in [0.2, 0.25) is 0 Å². The number of ether oxygens (including phenoxy) is 2. The Hall–Kier alpha value is -3.03. The lowest BCUT2D eigenvalue weighted by molar-refractivity contribution is 0.0535. The molecule has 6 N–H and O–H groups in total. The van der Waals surface area contributed by atoms with Gasteiger partial charge in [-0.3, -0.25) is 4.98 Å². The molecule has 202 valence electrons. The molecule has 1 aliphatic carbocycles. The smallest absolute Gasteiger partial charge is 0.338 e. The third-order valence-corrected chi connectivity index (χ3v) is 6.58. The van der Waals surface area contributed by atoms with Gasteiger partial charge in [-0.25, -0.2) is 4.79 Å². The number of fused-ring (bicyclic) bond motifs is 1. The van der Waals surface area contributed by atoms with E-state index in [9.17, 15) is 15.0 Å². The fraction of sp³-hybridized carbons (Fsp3) is 0.536. The zero-order chi connectivity index (χ0) is 27.2. The number of nitriles is 1. The van der Waals surface area contributed by atoms with Gasteiger partial charge in [0, 0.05) is 30.9 Å². The number of hydrogen-bond acceptors (Lipinski definition) is 9. The van der Waals surface area contributed by atoms with E-state index in [0.717, 1.165) is 16.7 Å². The fourth-order valence-electron chi connectivity index (χ4n) is 4.28. The second-order valence-corrected chi connectivity index (χ2v) is 9.13. The summed E-state index contributed by atoms with van der Waals surface area (Å²) in [5.74, 6) is 0.104. The van der Waals surface area contributed by atoms with E-state index in [0.29, 0.717) is 29.2 Å². The quantitative estimate of drug-likeness (QED) is 0.437. The van der Waals surface area contributed by atoms with Gasteiger partial charge >= 0.3 is 5.97 Å². The average molecular weight is 513 g/mol. The molecule has 0 bridgehead atoms. The molecule has 1 aliphatic heterocycles. The highest BCUT2D eigenvalue weighted by molar-refractivity contribution is 5.93. The third-order valence-electron chi connectivity index (χ3n) is 6.58. The molecule has 1 aromatic heterocycles. The first-order valence-electron chi connectivity index (χ1n) is 12.9. The Kier molecular flexibility index (Phi) is 13.0. The van der Waals surface area contributed by atoms with Gasteiger partial charge in [-0.1, -0.05) is 57.4 Å². The number of hydrogen-bond donors (Lipinski definition) is 4. The highest BCUT2D eigenvalue weighted by atomic mass is 16.5. The first kappa shape index (κ1) is 30.2. The fourth-order valence-corrected chi connectivity index (χ4v) is 4.28. The summed E-state index contributed by atoms with van der Waals surface area (Å²) >= 11 is 0. The second-order valence-electron chi connectivity index (χ2n) is 9.13. The number of benzene rings is 1. The molecule has 9 heteroatoms. The van der Waals surface area contributed by atoms with Crippen LogP contribution in [0, 0.1) is 18.3 Å². The van der Waals surface area contributed by atoms with Crippen molar-refractivity contribution < 1.29 is 24.5 Å². The summed E-state index contributed by atoms with van der Waals surface area (Å²) in [6.07, 6.45) is 11.9. The molecule has 37 heavy (non-hydrogen) atoms. The number of aliphatic hydroxyl groups excluding tert-OH is 2. The van der Waals surface area contributed by atoms with Crippen LogP contribution in [0.1, 0.15) is 102 Å². The number of carbonyl (C=O) groups excluding carboxylic acids is 1. The molecule has 2 aromatic rings. The average Bonchev–Trinajstić information content (AvgIpc) is 3.29. The van der Waals surface area contributed by atoms with Crippen LogP contribution in [0.15, 0.2) is 24.4 Å². The van der Waals surface area contributed by atoms with Gasteiger partial charge in [0.25, 0.3) is 0 Å². The summed E-state index contributed by atoms with van der Waals surface area (Å²) in [6.45, 7) is 2.43. The number of aliphatic hydroxyl groups is 2. The van der Waals surface area contributed by atoms with Crippen molar-refractivity contribution in [2.75, 3.05) is 20.2 Å². The van der Waals surface area contributed by atoms with Crippen molar-refractivity contribution in [3.8, 4) is 11.8 Å². The molecule has 2 atom stereocenters. The standard InChI is InChI=1S/C11H13NO3.C9H11N3O2.C8H16/c1-6-7(10(13)4-12)2-3-8-9(6)5-15-11(8)14;1-14-9-2-7(8(13)4-11)12-5-6(9)3-10;1-2-4-6-8-7-5-3-1/h2-3,10,13H,4-5,12H2,1H3;2,5,8,13H,4,11H2,1H3;1-8H2/t10-;;/m0../s1. The van der Waals surface area contributed by atoms with Crippen LogP contribution in [-0.2, 0) is 11.3 Å². The Balaban J connectivity index is 0.000000204. The molecule has 1 unspecified atom stereocenters. The Morgan fingerprint density at radius 2 is 1.62 bits per heavy atom. The number of esters is 1. The van der Waals surface area contributed by atoms with Crippen LogP contribution < -0.4 is 16.2 Å². The maximum atomic E-state index is 11.3. The minimum absolute atomic E-state index is 0.0854. The summed E-state index contributed by atoms with van der Waals surface area (Å²) in [6, 6.07) is 6.86. The lowest BCUT2D eigenvalue weighted by atomic mass is 9.95. The molecule has 0 spiro atoms. The van der Waals surface area contributed by atoms with E-state index in [2.05, 4.69) is 4.98 Å². The lowest BCUT2D eigenvalue weighted by Gasteiger charge is -2.13. The number of methoxy groups -OCH3 is 1. The van der Waals surface area contributed by atoms with E-state index in [1.807, 2.05) is 13.0 Å². The molecule has 1 aromatic carbocycles. The molecule has 2 aliphatic rings. The van der Waals surface area contributed by atoms with E-state index in [1.165, 1.54) is 70.7 Å².